The van der Waals surface area contributed by atoms with Crippen LogP contribution < -0.4 is 4.90 Å². The van der Waals surface area contributed by atoms with E-state index >= 15 is 0 Å². The summed E-state index contributed by atoms with van der Waals surface area (Å²) in [5.74, 6) is -0.353. The lowest BCUT2D eigenvalue weighted by molar-refractivity contribution is -0.115. The summed E-state index contributed by atoms with van der Waals surface area (Å²) in [4.78, 5) is 18.0. The average Bonchev–Trinajstić information content (AvgIpc) is 3.04. The molecule has 1 aromatic carbocycles. The molecule has 0 unspecified atom stereocenters. The number of hydrogen-bond acceptors (Lipinski definition) is 4. The number of halogens is 1. The Hall–Kier alpha value is -1.05. The summed E-state index contributed by atoms with van der Waals surface area (Å²) in [5.41, 5.74) is 3.28. The fraction of sp³-hybridized carbons (Fsp3) is 0.529. The predicted molar refractivity (Wildman–Crippen MR) is 105 cm³/mol. The van der Waals surface area contributed by atoms with Crippen LogP contribution in [0.5, 0.6) is 0 Å². The number of thioether (sulfide) groups is 1. The lowest BCUT2D eigenvalue weighted by atomic mass is 10.0. The molecule has 136 valence electrons. The van der Waals surface area contributed by atoms with Crippen molar-refractivity contribution >= 4 is 50.0 Å². The van der Waals surface area contributed by atoms with Crippen molar-refractivity contribution < 1.29 is 13.2 Å². The smallest absolute Gasteiger partial charge is 0.262 e. The first-order valence-electron chi connectivity index (χ1n) is 8.34. The molecule has 2 fully saturated rings. The van der Waals surface area contributed by atoms with Crippen LogP contribution >= 0.6 is 23.4 Å². The third-order valence-corrected chi connectivity index (χ3v) is 8.05. The molecular formula is C17H21ClN2O3S2. The van der Waals surface area contributed by atoms with E-state index < -0.39 is 15.7 Å². The Labute approximate surface area is 157 Å². The molecule has 1 aromatic rings. The molecule has 0 N–H and O–H groups in total. The molecule has 2 atom stereocenters. The molecule has 0 radical (unpaired) electrons. The maximum absolute atomic E-state index is 12.1. The fourth-order valence-electron chi connectivity index (χ4n) is 3.49. The second kappa shape index (κ2) is 7.29. The quantitative estimate of drug-likeness (QED) is 0.727. The molecule has 0 bridgehead atoms. The van der Waals surface area contributed by atoms with E-state index in [2.05, 4.69) is 31.0 Å². The van der Waals surface area contributed by atoms with Crippen LogP contribution in [0.25, 0.3) is 0 Å². The Morgan fingerprint density at radius 3 is 2.48 bits per heavy atom. The van der Waals surface area contributed by atoms with Crippen molar-refractivity contribution in [3.63, 3.8) is 0 Å². The summed E-state index contributed by atoms with van der Waals surface area (Å²) in [6.07, 6.45) is 1.65. The zero-order valence-corrected chi connectivity index (χ0v) is 16.6. The van der Waals surface area contributed by atoms with Crippen LogP contribution in [0.2, 0.25) is 0 Å². The lowest BCUT2D eigenvalue weighted by Gasteiger charge is -2.29. The molecule has 2 saturated heterocycles. The van der Waals surface area contributed by atoms with Crippen molar-refractivity contribution in [1.82, 2.24) is 0 Å². The Kier molecular flexibility index (Phi) is 5.46. The molecule has 0 saturated carbocycles. The standard InChI is InChI=1S/C17H21ClN2O3S2/c1-3-11-6-5-7-12(4-2)16(11)20-13-9-25(22,23)10-14(13)24-17(20)19-15(21)8-18/h5-7,13-14H,3-4,8-10H2,1-2H3/t13-,14+/m0/s1. The first-order valence-corrected chi connectivity index (χ1v) is 11.6. The van der Waals surface area contributed by atoms with Gasteiger partial charge in [-0.15, -0.1) is 11.6 Å². The first-order chi connectivity index (χ1) is 11.9. The number of alkyl halides is 1. The Morgan fingerprint density at radius 2 is 1.92 bits per heavy atom. The van der Waals surface area contributed by atoms with E-state index in [-0.39, 0.29) is 28.7 Å². The van der Waals surface area contributed by atoms with Gasteiger partial charge < -0.3 is 4.90 Å². The summed E-state index contributed by atoms with van der Waals surface area (Å²) in [5, 5.41) is 0.479. The summed E-state index contributed by atoms with van der Waals surface area (Å²) in [7, 11) is -3.07. The third-order valence-electron chi connectivity index (χ3n) is 4.61. The number of hydrogen-bond donors (Lipinski definition) is 0. The Balaban J connectivity index is 2.15. The van der Waals surface area contributed by atoms with Crippen LogP contribution in [-0.4, -0.2) is 48.2 Å². The molecule has 2 aliphatic heterocycles. The van der Waals surface area contributed by atoms with Crippen LogP contribution in [0.4, 0.5) is 5.69 Å². The van der Waals surface area contributed by atoms with E-state index in [0.717, 1.165) is 29.7 Å². The van der Waals surface area contributed by atoms with Crippen molar-refractivity contribution in [2.75, 3.05) is 22.3 Å². The Bertz CT molecular complexity index is 801. The molecule has 0 spiro atoms. The number of amidine groups is 1. The monoisotopic (exact) mass is 400 g/mol. The van der Waals surface area contributed by atoms with Gasteiger partial charge in [0.1, 0.15) is 5.88 Å². The van der Waals surface area contributed by atoms with Gasteiger partial charge in [0.2, 0.25) is 0 Å². The third kappa shape index (κ3) is 3.59. The topological polar surface area (TPSA) is 66.8 Å². The molecule has 0 aliphatic carbocycles. The normalized spacial score (nSPS) is 26.2. The van der Waals surface area contributed by atoms with Crippen LogP contribution in [-0.2, 0) is 27.5 Å². The van der Waals surface area contributed by atoms with E-state index in [1.165, 1.54) is 11.8 Å². The number of aliphatic imine (C=N–C) groups is 1. The van der Waals surface area contributed by atoms with Crippen molar-refractivity contribution in [2.24, 2.45) is 4.99 Å². The molecule has 2 heterocycles. The molecule has 8 heteroatoms. The van der Waals surface area contributed by atoms with Crippen LogP contribution in [0.3, 0.4) is 0 Å². The minimum Gasteiger partial charge on any atom is -0.315 e. The molecule has 3 rings (SSSR count). The number of anilines is 1. The van der Waals surface area contributed by atoms with Crippen LogP contribution in [0, 0.1) is 0 Å². The predicted octanol–water partition coefficient (Wildman–Crippen LogP) is 2.65. The lowest BCUT2D eigenvalue weighted by Crippen LogP contribution is -2.39. The van der Waals surface area contributed by atoms with Crippen molar-refractivity contribution in [2.45, 2.75) is 38.0 Å². The number of aryl methyl sites for hydroxylation is 2. The number of sulfone groups is 1. The molecular weight excluding hydrogens is 380 g/mol. The van der Waals surface area contributed by atoms with Gasteiger partial charge in [-0.25, -0.2) is 8.42 Å². The Morgan fingerprint density at radius 1 is 1.28 bits per heavy atom. The number of fused-ring (bicyclic) bond motifs is 1. The van der Waals surface area contributed by atoms with E-state index in [1.54, 1.807) is 0 Å². The number of benzene rings is 1. The molecule has 25 heavy (non-hydrogen) atoms. The fourth-order valence-corrected chi connectivity index (χ4v) is 7.46. The summed E-state index contributed by atoms with van der Waals surface area (Å²) < 4.78 is 24.3. The maximum atomic E-state index is 12.1. The maximum Gasteiger partial charge on any atom is 0.262 e. The molecule has 2 aliphatic rings. The van der Waals surface area contributed by atoms with Gasteiger partial charge in [0.25, 0.3) is 5.91 Å². The van der Waals surface area contributed by atoms with Gasteiger partial charge in [0, 0.05) is 10.9 Å². The van der Waals surface area contributed by atoms with Gasteiger partial charge >= 0.3 is 0 Å². The number of carbonyl (C=O) groups excluding carboxylic acids is 1. The second-order valence-corrected chi connectivity index (χ2v) is 9.85. The average molecular weight is 401 g/mol. The van der Waals surface area contributed by atoms with E-state index in [9.17, 15) is 13.2 Å². The highest BCUT2D eigenvalue weighted by atomic mass is 35.5. The second-order valence-electron chi connectivity index (χ2n) is 6.22. The van der Waals surface area contributed by atoms with Gasteiger partial charge in [0.05, 0.1) is 17.5 Å². The minimum atomic E-state index is -3.07. The highest BCUT2D eigenvalue weighted by molar-refractivity contribution is 8.16. The highest BCUT2D eigenvalue weighted by Crippen LogP contribution is 2.43. The summed E-state index contributed by atoms with van der Waals surface area (Å²) in [6.45, 7) is 4.15. The zero-order chi connectivity index (χ0) is 18.2. The van der Waals surface area contributed by atoms with Gasteiger partial charge in [-0.2, -0.15) is 4.99 Å². The van der Waals surface area contributed by atoms with E-state index in [0.29, 0.717) is 5.17 Å². The number of nitrogens with zero attached hydrogens (tertiary/aromatic N) is 2. The van der Waals surface area contributed by atoms with E-state index in [1.807, 2.05) is 11.0 Å². The highest BCUT2D eigenvalue weighted by Gasteiger charge is 2.50. The van der Waals surface area contributed by atoms with Crippen molar-refractivity contribution in [1.29, 1.82) is 0 Å². The van der Waals surface area contributed by atoms with E-state index in [4.69, 9.17) is 11.6 Å². The number of para-hydroxylation sites is 1. The first kappa shape index (κ1) is 18.7. The largest absolute Gasteiger partial charge is 0.315 e. The summed E-state index contributed by atoms with van der Waals surface area (Å²) in [6, 6.07) is 5.94. The van der Waals surface area contributed by atoms with Crippen LogP contribution in [0.15, 0.2) is 23.2 Å². The zero-order valence-electron chi connectivity index (χ0n) is 14.2. The van der Waals surface area contributed by atoms with Gasteiger partial charge in [-0.3, -0.25) is 4.79 Å². The van der Waals surface area contributed by atoms with Gasteiger partial charge in [-0.05, 0) is 24.0 Å². The minimum absolute atomic E-state index is 0.0958. The van der Waals surface area contributed by atoms with Crippen molar-refractivity contribution in [3.05, 3.63) is 29.3 Å². The molecule has 1 amide bonds. The van der Waals surface area contributed by atoms with Gasteiger partial charge in [0.15, 0.2) is 15.0 Å². The number of rotatable bonds is 4. The molecule has 5 nitrogen and oxygen atoms in total. The van der Waals surface area contributed by atoms with Gasteiger partial charge in [-0.1, -0.05) is 43.8 Å². The molecule has 0 aromatic heterocycles. The number of amides is 1. The van der Waals surface area contributed by atoms with Crippen LogP contribution in [0.1, 0.15) is 25.0 Å². The summed E-state index contributed by atoms with van der Waals surface area (Å²) >= 11 is 7.01. The SMILES string of the molecule is CCc1cccc(CC)c1N1C(=NC(=O)CCl)S[C@@H]2CS(=O)(=O)C[C@@H]21. The number of carbonyl (C=O) groups is 1. The van der Waals surface area contributed by atoms with Crippen molar-refractivity contribution in [3.8, 4) is 0 Å².